The number of benzene rings is 2. The van der Waals surface area contributed by atoms with Crippen LogP contribution in [0.2, 0.25) is 5.02 Å². The van der Waals surface area contributed by atoms with Crippen LogP contribution in [-0.2, 0) is 13.0 Å². The molecule has 0 amide bonds. The summed E-state index contributed by atoms with van der Waals surface area (Å²) in [4.78, 5) is 12.8. The molecule has 0 radical (unpaired) electrons. The summed E-state index contributed by atoms with van der Waals surface area (Å²) < 4.78 is 16.0. The van der Waals surface area contributed by atoms with E-state index < -0.39 is 5.82 Å². The fourth-order valence-corrected chi connectivity index (χ4v) is 3.36. The molecule has 27 heavy (non-hydrogen) atoms. The molecule has 0 aliphatic carbocycles. The third kappa shape index (κ3) is 3.61. The molecule has 0 aliphatic rings. The number of hydrogen-bond acceptors (Lipinski definition) is 3. The first-order chi connectivity index (χ1) is 12.8. The molecule has 0 unspecified atom stereocenters. The van der Waals surface area contributed by atoms with Gasteiger partial charge in [0, 0.05) is 24.5 Å². The van der Waals surface area contributed by atoms with Crippen molar-refractivity contribution in [3.05, 3.63) is 86.4 Å². The number of hydrogen-bond donors (Lipinski definition) is 2. The smallest absolute Gasteiger partial charge is 0.200 e. The number of aliphatic hydroxyl groups is 2. The number of fused-ring (bicyclic) bond motifs is 1. The van der Waals surface area contributed by atoms with E-state index >= 15 is 0 Å². The third-order valence-electron chi connectivity index (χ3n) is 4.60. The van der Waals surface area contributed by atoms with Crippen LogP contribution in [-0.4, -0.2) is 21.4 Å². The lowest BCUT2D eigenvalue weighted by atomic mass is 9.97. The fourth-order valence-electron chi connectivity index (χ4n) is 3.17. The minimum absolute atomic E-state index is 0.0510. The topological polar surface area (TPSA) is 62.5 Å². The molecular weight excluding hydrogens is 369 g/mol. The second-order valence-electron chi connectivity index (χ2n) is 6.42. The van der Waals surface area contributed by atoms with Gasteiger partial charge >= 0.3 is 0 Å². The van der Waals surface area contributed by atoms with Crippen LogP contribution in [0, 0.1) is 12.7 Å². The molecule has 6 heteroatoms. The van der Waals surface area contributed by atoms with Gasteiger partial charge in [-0.25, -0.2) is 4.39 Å². The highest BCUT2D eigenvalue weighted by atomic mass is 35.5. The summed E-state index contributed by atoms with van der Waals surface area (Å²) in [5.41, 5.74) is 2.43. The Morgan fingerprint density at radius 1 is 1.30 bits per heavy atom. The summed E-state index contributed by atoms with van der Waals surface area (Å²) in [6.45, 7) is 5.46. The molecule has 0 saturated carbocycles. The Labute approximate surface area is 160 Å². The molecule has 0 fully saturated rings. The van der Waals surface area contributed by atoms with Crippen LogP contribution in [0.5, 0.6) is 0 Å². The lowest BCUT2D eigenvalue weighted by molar-refractivity contribution is 0.277. The van der Waals surface area contributed by atoms with Gasteiger partial charge in [0.05, 0.1) is 22.7 Å². The van der Waals surface area contributed by atoms with Gasteiger partial charge in [-0.2, -0.15) is 0 Å². The molecular formula is C21H19ClFNO3. The minimum atomic E-state index is -0.478. The van der Waals surface area contributed by atoms with Crippen molar-refractivity contribution < 1.29 is 14.6 Å². The van der Waals surface area contributed by atoms with Crippen LogP contribution in [0.3, 0.4) is 0 Å². The van der Waals surface area contributed by atoms with E-state index in [0.717, 1.165) is 11.1 Å². The number of aryl methyl sites for hydroxylation is 1. The van der Waals surface area contributed by atoms with Crippen molar-refractivity contribution in [3.8, 4) is 0 Å². The zero-order chi connectivity index (χ0) is 19.7. The van der Waals surface area contributed by atoms with Crippen molar-refractivity contribution in [3.63, 3.8) is 0 Å². The molecule has 4 nitrogen and oxygen atoms in total. The van der Waals surface area contributed by atoms with Gasteiger partial charge in [-0.15, -0.1) is 0 Å². The van der Waals surface area contributed by atoms with Crippen LogP contribution >= 0.6 is 11.6 Å². The molecule has 2 N–H and O–H groups in total. The zero-order valence-electron chi connectivity index (χ0n) is 14.8. The lowest BCUT2D eigenvalue weighted by Gasteiger charge is -2.15. The van der Waals surface area contributed by atoms with Gasteiger partial charge in [0.1, 0.15) is 11.6 Å². The standard InChI is InChI=1S/C21H19ClFNO3/c1-12-8-19-16(21(27)17(13(2)26)11-24(19)6-7-25)10-15(12)9-14-4-3-5-18(22)20(14)23/h3-5,8,10-11,25-26H,2,6-7,9H2,1H3. The number of rotatable bonds is 5. The van der Waals surface area contributed by atoms with E-state index in [1.165, 1.54) is 12.3 Å². The second-order valence-corrected chi connectivity index (χ2v) is 6.83. The van der Waals surface area contributed by atoms with Crippen LogP contribution < -0.4 is 5.43 Å². The van der Waals surface area contributed by atoms with Crippen LogP contribution in [0.4, 0.5) is 4.39 Å². The molecule has 0 bridgehead atoms. The predicted molar refractivity (Wildman–Crippen MR) is 106 cm³/mol. The maximum absolute atomic E-state index is 14.3. The predicted octanol–water partition coefficient (Wildman–Crippen LogP) is 4.21. The zero-order valence-corrected chi connectivity index (χ0v) is 15.6. The van der Waals surface area contributed by atoms with Crippen molar-refractivity contribution in [2.75, 3.05) is 6.61 Å². The average Bonchev–Trinajstić information content (AvgIpc) is 2.62. The van der Waals surface area contributed by atoms with Crippen molar-refractivity contribution in [2.45, 2.75) is 19.9 Å². The van der Waals surface area contributed by atoms with Gasteiger partial charge in [-0.3, -0.25) is 4.79 Å². The second kappa shape index (κ2) is 7.55. The van der Waals surface area contributed by atoms with Gasteiger partial charge in [-0.05, 0) is 41.8 Å². The van der Waals surface area contributed by atoms with Crippen molar-refractivity contribution in [2.24, 2.45) is 0 Å². The number of aromatic nitrogens is 1. The van der Waals surface area contributed by atoms with E-state index in [1.54, 1.807) is 22.8 Å². The average molecular weight is 388 g/mol. The van der Waals surface area contributed by atoms with Crippen LogP contribution in [0.1, 0.15) is 22.3 Å². The molecule has 3 rings (SSSR count). The van der Waals surface area contributed by atoms with Crippen LogP contribution in [0.25, 0.3) is 16.7 Å². The number of aliphatic hydroxyl groups excluding tert-OH is 2. The number of pyridine rings is 1. The lowest BCUT2D eigenvalue weighted by Crippen LogP contribution is -2.16. The highest BCUT2D eigenvalue weighted by Gasteiger charge is 2.15. The Bertz CT molecular complexity index is 1100. The summed E-state index contributed by atoms with van der Waals surface area (Å²) >= 11 is 5.86. The summed E-state index contributed by atoms with van der Waals surface area (Å²) in [6.07, 6.45) is 1.76. The first-order valence-electron chi connectivity index (χ1n) is 8.42. The molecule has 3 aromatic rings. The largest absolute Gasteiger partial charge is 0.508 e. The van der Waals surface area contributed by atoms with Crippen molar-refractivity contribution in [1.29, 1.82) is 0 Å². The first-order valence-corrected chi connectivity index (χ1v) is 8.80. The Morgan fingerprint density at radius 2 is 2.04 bits per heavy atom. The Kier molecular flexibility index (Phi) is 5.35. The molecule has 2 aromatic carbocycles. The number of nitrogens with zero attached hydrogens (tertiary/aromatic N) is 1. The fraction of sp³-hybridized carbons (Fsp3) is 0.190. The normalized spacial score (nSPS) is 11.1. The molecule has 1 aromatic heterocycles. The summed E-state index contributed by atoms with van der Waals surface area (Å²) in [5, 5.41) is 19.5. The van der Waals surface area contributed by atoms with E-state index in [1.807, 2.05) is 13.0 Å². The van der Waals surface area contributed by atoms with Crippen LogP contribution in [0.15, 0.2) is 47.9 Å². The minimum Gasteiger partial charge on any atom is -0.508 e. The van der Waals surface area contributed by atoms with E-state index in [2.05, 4.69) is 6.58 Å². The number of halogens is 2. The van der Waals surface area contributed by atoms with E-state index in [9.17, 15) is 19.4 Å². The first kappa shape index (κ1) is 19.1. The van der Waals surface area contributed by atoms with Gasteiger partial charge in [0.2, 0.25) is 0 Å². The summed E-state index contributed by atoms with van der Waals surface area (Å²) in [6, 6.07) is 8.35. The highest BCUT2D eigenvalue weighted by molar-refractivity contribution is 6.30. The third-order valence-corrected chi connectivity index (χ3v) is 4.89. The van der Waals surface area contributed by atoms with E-state index in [4.69, 9.17) is 11.6 Å². The Balaban J connectivity index is 2.23. The monoisotopic (exact) mass is 387 g/mol. The molecule has 0 aliphatic heterocycles. The highest BCUT2D eigenvalue weighted by Crippen LogP contribution is 2.25. The Morgan fingerprint density at radius 3 is 2.70 bits per heavy atom. The van der Waals surface area contributed by atoms with Crippen molar-refractivity contribution in [1.82, 2.24) is 4.57 Å². The van der Waals surface area contributed by atoms with E-state index in [-0.39, 0.29) is 41.3 Å². The molecule has 0 atom stereocenters. The SMILES string of the molecule is C=C(O)c1cn(CCO)c2cc(C)c(Cc3cccc(Cl)c3F)cc2c1=O. The van der Waals surface area contributed by atoms with Gasteiger partial charge < -0.3 is 14.8 Å². The summed E-state index contributed by atoms with van der Waals surface area (Å²) in [5.74, 6) is -0.814. The van der Waals surface area contributed by atoms with Gasteiger partial charge in [0.25, 0.3) is 0 Å². The maximum Gasteiger partial charge on any atom is 0.200 e. The Hall–Kier alpha value is -2.63. The molecule has 0 saturated heterocycles. The quantitative estimate of drug-likeness (QED) is 0.644. The molecule has 0 spiro atoms. The maximum atomic E-state index is 14.3. The molecule has 140 valence electrons. The van der Waals surface area contributed by atoms with E-state index in [0.29, 0.717) is 16.5 Å². The van der Waals surface area contributed by atoms with Gasteiger partial charge in [-0.1, -0.05) is 30.3 Å². The van der Waals surface area contributed by atoms with Gasteiger partial charge in [0.15, 0.2) is 5.43 Å². The van der Waals surface area contributed by atoms with Crippen molar-refractivity contribution >= 4 is 28.3 Å². The molecule has 1 heterocycles. The summed E-state index contributed by atoms with van der Waals surface area (Å²) in [7, 11) is 0.